The molecule has 8 nitrogen and oxygen atoms in total. The van der Waals surface area contributed by atoms with E-state index < -0.39 is 11.8 Å². The summed E-state index contributed by atoms with van der Waals surface area (Å²) >= 11 is 0. The number of rotatable bonds is 7. The Morgan fingerprint density at radius 1 is 1.22 bits per heavy atom. The highest BCUT2D eigenvalue weighted by molar-refractivity contribution is 5.94. The predicted molar refractivity (Wildman–Crippen MR) is 137 cm³/mol. The molecule has 2 saturated carbocycles. The molecular formula is C28H31FN4O4. The largest absolute Gasteiger partial charge is 0.494 e. The van der Waals surface area contributed by atoms with E-state index in [1.54, 1.807) is 25.4 Å². The van der Waals surface area contributed by atoms with Crippen LogP contribution in [0.4, 0.5) is 4.39 Å². The second-order valence-corrected chi connectivity index (χ2v) is 10.5. The van der Waals surface area contributed by atoms with E-state index in [9.17, 15) is 14.3 Å². The first-order chi connectivity index (χ1) is 18.0. The van der Waals surface area contributed by atoms with Crippen LogP contribution in [0.25, 0.3) is 27.8 Å². The van der Waals surface area contributed by atoms with E-state index in [2.05, 4.69) is 20.8 Å². The third-order valence-corrected chi connectivity index (χ3v) is 8.49. The summed E-state index contributed by atoms with van der Waals surface area (Å²) in [5.74, 6) is -1.09. The molecule has 2 aliphatic carbocycles. The normalized spacial score (nSPS) is 21.3. The number of pyridine rings is 1. The van der Waals surface area contributed by atoms with Crippen molar-refractivity contribution in [3.63, 3.8) is 0 Å². The predicted octanol–water partition coefficient (Wildman–Crippen LogP) is 5.48. The van der Waals surface area contributed by atoms with Crippen LogP contribution < -0.4 is 4.74 Å². The number of aliphatic carboxylic acids is 1. The third-order valence-electron chi connectivity index (χ3n) is 8.49. The first-order valence-corrected chi connectivity index (χ1v) is 12.9. The van der Waals surface area contributed by atoms with Crippen molar-refractivity contribution in [2.24, 2.45) is 5.92 Å². The van der Waals surface area contributed by atoms with Gasteiger partial charge in [-0.05, 0) is 62.6 Å². The number of hydrogen-bond donors (Lipinski definition) is 2. The molecule has 194 valence electrons. The van der Waals surface area contributed by atoms with Crippen molar-refractivity contribution in [3.8, 4) is 11.4 Å². The molecule has 0 aliphatic heterocycles. The molecule has 0 spiro atoms. The van der Waals surface area contributed by atoms with Crippen molar-refractivity contribution in [1.29, 1.82) is 0 Å². The molecule has 2 aliphatic rings. The second kappa shape index (κ2) is 9.13. The number of halogens is 1. The number of carboxylic acid groups (broad SMARTS) is 1. The molecule has 0 unspecified atom stereocenters. The Morgan fingerprint density at radius 3 is 2.65 bits per heavy atom. The van der Waals surface area contributed by atoms with Crippen LogP contribution in [0.2, 0.25) is 0 Å². The number of fused-ring (bicyclic) bond motifs is 2. The third kappa shape index (κ3) is 3.79. The maximum atomic E-state index is 14.5. The summed E-state index contributed by atoms with van der Waals surface area (Å²) in [7, 11) is 3.21. The van der Waals surface area contributed by atoms with Crippen LogP contribution in [0, 0.1) is 11.7 Å². The maximum absolute atomic E-state index is 14.5. The Morgan fingerprint density at radius 2 is 2.00 bits per heavy atom. The zero-order valence-corrected chi connectivity index (χ0v) is 21.1. The van der Waals surface area contributed by atoms with Crippen LogP contribution in [0.1, 0.15) is 62.1 Å². The summed E-state index contributed by atoms with van der Waals surface area (Å²) < 4.78 is 27.8. The van der Waals surface area contributed by atoms with Crippen LogP contribution in [-0.4, -0.2) is 51.7 Å². The fourth-order valence-corrected chi connectivity index (χ4v) is 6.51. The van der Waals surface area contributed by atoms with Gasteiger partial charge in [0.15, 0.2) is 17.2 Å². The van der Waals surface area contributed by atoms with Gasteiger partial charge in [0.2, 0.25) is 0 Å². The van der Waals surface area contributed by atoms with E-state index in [1.807, 2.05) is 0 Å². The summed E-state index contributed by atoms with van der Waals surface area (Å²) in [4.78, 5) is 16.7. The highest BCUT2D eigenvalue weighted by Gasteiger charge is 2.46. The van der Waals surface area contributed by atoms with Crippen LogP contribution in [-0.2, 0) is 14.9 Å². The van der Waals surface area contributed by atoms with Crippen molar-refractivity contribution in [2.45, 2.75) is 56.3 Å². The molecular weight excluding hydrogens is 475 g/mol. The van der Waals surface area contributed by atoms with E-state index in [4.69, 9.17) is 14.5 Å². The number of aromatic nitrogens is 4. The number of ether oxygens (including phenoxy) is 2. The molecule has 4 aromatic rings. The number of nitrogens with one attached hydrogen (secondary N) is 1. The van der Waals surface area contributed by atoms with Gasteiger partial charge in [0.25, 0.3) is 0 Å². The van der Waals surface area contributed by atoms with E-state index in [0.717, 1.165) is 65.5 Å². The number of nitrogens with zero attached hydrogens (tertiary/aromatic N) is 3. The van der Waals surface area contributed by atoms with Crippen molar-refractivity contribution in [3.05, 3.63) is 47.5 Å². The minimum Gasteiger partial charge on any atom is -0.494 e. The molecule has 0 amide bonds. The van der Waals surface area contributed by atoms with Gasteiger partial charge in [-0.1, -0.05) is 6.42 Å². The molecule has 3 aromatic heterocycles. The van der Waals surface area contributed by atoms with Crippen LogP contribution >= 0.6 is 0 Å². The van der Waals surface area contributed by atoms with Gasteiger partial charge in [-0.15, -0.1) is 0 Å². The zero-order valence-electron chi connectivity index (χ0n) is 21.1. The lowest BCUT2D eigenvalue weighted by atomic mass is 9.64. The number of carbonyl (C=O) groups is 1. The topological polar surface area (TPSA) is 102 Å². The van der Waals surface area contributed by atoms with E-state index in [1.165, 1.54) is 13.2 Å². The van der Waals surface area contributed by atoms with Crippen molar-refractivity contribution in [2.75, 3.05) is 20.8 Å². The van der Waals surface area contributed by atoms with E-state index in [-0.39, 0.29) is 23.0 Å². The summed E-state index contributed by atoms with van der Waals surface area (Å²) in [6, 6.07) is 7.05. The molecule has 2 N–H and O–H groups in total. The molecule has 0 atom stereocenters. The fourth-order valence-electron chi connectivity index (χ4n) is 6.51. The average molecular weight is 507 g/mol. The number of H-pyrrole nitrogens is 1. The van der Waals surface area contributed by atoms with Gasteiger partial charge in [-0.2, -0.15) is 5.10 Å². The van der Waals surface area contributed by atoms with Gasteiger partial charge in [0, 0.05) is 40.9 Å². The zero-order chi connectivity index (χ0) is 25.7. The molecule has 37 heavy (non-hydrogen) atoms. The first-order valence-electron chi connectivity index (χ1n) is 12.9. The van der Waals surface area contributed by atoms with Crippen LogP contribution in [0.15, 0.2) is 30.5 Å². The number of carboxylic acids is 1. The van der Waals surface area contributed by atoms with Gasteiger partial charge in [-0.3, -0.25) is 9.89 Å². The van der Waals surface area contributed by atoms with Gasteiger partial charge in [0.1, 0.15) is 0 Å². The molecule has 1 aromatic carbocycles. The Balaban J connectivity index is 1.66. The quantitative estimate of drug-likeness (QED) is 0.344. The summed E-state index contributed by atoms with van der Waals surface area (Å²) in [5, 5.41) is 17.7. The minimum absolute atomic E-state index is 0.166. The van der Waals surface area contributed by atoms with Gasteiger partial charge in [-0.25, -0.2) is 9.37 Å². The van der Waals surface area contributed by atoms with Gasteiger partial charge >= 0.3 is 5.97 Å². The minimum atomic E-state index is -0.716. The number of aromatic amines is 1. The van der Waals surface area contributed by atoms with E-state index in [0.29, 0.717) is 25.1 Å². The standard InChI is InChI=1S/C28H31FN4O4/c1-36-15-28(10-3-11-28)25-23(16-4-6-17(7-5-16)27(34)35)24-21(12-18-14-30-32-26(18)31-24)33(25)19-8-9-20(29)22(13-19)37-2/h8-9,12-14,16-17H,3-7,10-11,15H2,1-2H3,(H,34,35)(H,30,31,32)/t16-,17-. The fraction of sp³-hybridized carbons (Fsp3) is 0.464. The summed E-state index contributed by atoms with van der Waals surface area (Å²) in [6.45, 7) is 0.568. The number of hydrogen-bond acceptors (Lipinski definition) is 5. The molecule has 0 radical (unpaired) electrons. The molecule has 9 heteroatoms. The SMILES string of the molecule is COCC1(c2c([C@H]3CC[C@H](C(=O)O)CC3)c3nc4[nH]ncc4cc3n2-c2ccc(F)c(OC)c2)CCC1. The monoisotopic (exact) mass is 506 g/mol. The molecule has 0 saturated heterocycles. The van der Waals surface area contributed by atoms with Gasteiger partial charge in [0.05, 0.1) is 36.9 Å². The molecule has 2 fully saturated rings. The van der Waals surface area contributed by atoms with Crippen molar-refractivity contribution in [1.82, 2.24) is 19.7 Å². The molecule has 0 bridgehead atoms. The van der Waals surface area contributed by atoms with E-state index >= 15 is 0 Å². The first kappa shape index (κ1) is 23.9. The Bertz CT molecular complexity index is 1480. The Kier molecular flexibility index (Phi) is 5.90. The van der Waals surface area contributed by atoms with Crippen molar-refractivity contribution >= 4 is 28.0 Å². The maximum Gasteiger partial charge on any atom is 0.306 e. The van der Waals surface area contributed by atoms with Crippen LogP contribution in [0.5, 0.6) is 5.75 Å². The molecule has 6 rings (SSSR count). The lowest BCUT2D eigenvalue weighted by molar-refractivity contribution is -0.142. The second-order valence-electron chi connectivity index (χ2n) is 10.5. The lowest BCUT2D eigenvalue weighted by Gasteiger charge is -2.44. The highest BCUT2D eigenvalue weighted by Crippen LogP contribution is 2.52. The Labute approximate surface area is 213 Å². The summed E-state index contributed by atoms with van der Waals surface area (Å²) in [6.07, 6.45) is 7.65. The average Bonchev–Trinajstić information content (AvgIpc) is 3.47. The Hall–Kier alpha value is -3.46. The molecule has 3 heterocycles. The van der Waals surface area contributed by atoms with Crippen molar-refractivity contribution < 1.29 is 23.8 Å². The lowest BCUT2D eigenvalue weighted by Crippen LogP contribution is -2.41. The number of methoxy groups -OCH3 is 2. The van der Waals surface area contributed by atoms with Gasteiger partial charge < -0.3 is 19.1 Å². The highest BCUT2D eigenvalue weighted by atomic mass is 19.1. The summed E-state index contributed by atoms with van der Waals surface area (Å²) in [5.41, 5.74) is 5.43. The van der Waals surface area contributed by atoms with Crippen LogP contribution in [0.3, 0.4) is 0 Å². The smallest absolute Gasteiger partial charge is 0.306 e. The number of benzene rings is 1.